The van der Waals surface area contributed by atoms with Gasteiger partial charge in [0.2, 0.25) is 0 Å². The fourth-order valence-electron chi connectivity index (χ4n) is 3.62. The van der Waals surface area contributed by atoms with Crippen molar-refractivity contribution in [2.75, 3.05) is 0 Å². The van der Waals surface area contributed by atoms with Crippen LogP contribution in [-0.4, -0.2) is 26.6 Å². The predicted octanol–water partition coefficient (Wildman–Crippen LogP) is 4.17. The van der Waals surface area contributed by atoms with Gasteiger partial charge in [0, 0.05) is 10.7 Å². The Morgan fingerprint density at radius 3 is 2.50 bits per heavy atom. The number of benzene rings is 2. The lowest BCUT2D eigenvalue weighted by Gasteiger charge is -2.11. The van der Waals surface area contributed by atoms with E-state index >= 15 is 0 Å². The summed E-state index contributed by atoms with van der Waals surface area (Å²) in [6.45, 7) is 4.13. The first-order valence-corrected chi connectivity index (χ1v) is 10.7. The number of H-pyrrole nitrogens is 1. The summed E-state index contributed by atoms with van der Waals surface area (Å²) >= 11 is 6.08. The van der Waals surface area contributed by atoms with Crippen molar-refractivity contribution in [3.8, 4) is 5.69 Å². The zero-order valence-electron chi connectivity index (χ0n) is 17.8. The number of aryl methyl sites for hydroxylation is 2. The third kappa shape index (κ3) is 4.24. The van der Waals surface area contributed by atoms with Gasteiger partial charge in [0.25, 0.3) is 11.5 Å². The highest BCUT2D eigenvalue weighted by molar-refractivity contribution is 6.30. The second-order valence-corrected chi connectivity index (χ2v) is 8.18. The predicted molar refractivity (Wildman–Crippen MR) is 124 cm³/mol. The molecule has 3 amide bonds. The van der Waals surface area contributed by atoms with Gasteiger partial charge >= 0.3 is 6.03 Å². The molecule has 1 aliphatic rings. The number of hydrogen-bond acceptors (Lipinski definition) is 3. The Kier molecular flexibility index (Phi) is 6.01. The van der Waals surface area contributed by atoms with E-state index in [-0.39, 0.29) is 17.8 Å². The monoisotopic (exact) mass is 450 g/mol. The fraction of sp³-hybridized carbons (Fsp3) is 0.208. The molecular weight excluding hydrogens is 428 g/mol. The van der Waals surface area contributed by atoms with Crippen LogP contribution in [-0.2, 0) is 17.8 Å². The summed E-state index contributed by atoms with van der Waals surface area (Å²) in [5.41, 5.74) is 3.32. The van der Waals surface area contributed by atoms with Crippen LogP contribution >= 0.6 is 11.6 Å². The maximum Gasteiger partial charge on any atom is 0.329 e. The Hall–Kier alpha value is -3.58. The van der Waals surface area contributed by atoms with Gasteiger partial charge in [0.15, 0.2) is 0 Å². The molecule has 2 aromatic carbocycles. The molecule has 2 heterocycles. The molecule has 8 heteroatoms. The number of amides is 3. The number of nitrogens with one attached hydrogen (secondary N) is 2. The molecule has 1 aromatic heterocycles. The van der Waals surface area contributed by atoms with Crippen molar-refractivity contribution in [3.05, 3.63) is 92.0 Å². The molecule has 0 radical (unpaired) electrons. The van der Waals surface area contributed by atoms with Crippen molar-refractivity contribution in [2.45, 2.75) is 33.2 Å². The quantitative estimate of drug-likeness (QED) is 0.436. The lowest BCUT2D eigenvalue weighted by atomic mass is 10.1. The lowest BCUT2D eigenvalue weighted by Crippen LogP contribution is -2.30. The number of imide groups is 1. The van der Waals surface area contributed by atoms with Crippen LogP contribution in [0.5, 0.6) is 0 Å². The van der Waals surface area contributed by atoms with Gasteiger partial charge in [0.1, 0.15) is 5.70 Å². The highest BCUT2D eigenvalue weighted by atomic mass is 35.5. The van der Waals surface area contributed by atoms with Crippen LogP contribution in [0.4, 0.5) is 4.79 Å². The maximum atomic E-state index is 13.2. The molecule has 1 saturated heterocycles. The highest BCUT2D eigenvalue weighted by Crippen LogP contribution is 2.19. The number of urea groups is 1. The SMILES string of the molecule is CCCc1[nH]n(-c2cccc(Cl)c2)c(=O)c1C=C1NC(=O)N(Cc2ccc(C)cc2)C1=O. The average molecular weight is 451 g/mol. The largest absolute Gasteiger partial charge is 0.329 e. The van der Waals surface area contributed by atoms with E-state index in [1.54, 1.807) is 24.3 Å². The first-order chi connectivity index (χ1) is 15.4. The summed E-state index contributed by atoms with van der Waals surface area (Å²) < 4.78 is 1.40. The van der Waals surface area contributed by atoms with Gasteiger partial charge in [-0.15, -0.1) is 0 Å². The summed E-state index contributed by atoms with van der Waals surface area (Å²) in [6, 6.07) is 14.0. The molecule has 1 fully saturated rings. The fourth-order valence-corrected chi connectivity index (χ4v) is 3.80. The van der Waals surface area contributed by atoms with Crippen LogP contribution in [0.1, 0.15) is 35.7 Å². The van der Waals surface area contributed by atoms with Crippen LogP contribution in [0.25, 0.3) is 11.8 Å². The number of aromatic amines is 1. The van der Waals surface area contributed by atoms with E-state index in [0.29, 0.717) is 28.4 Å². The molecular formula is C24H23ClN4O3. The Bertz CT molecular complexity index is 1270. The number of aromatic nitrogens is 2. The topological polar surface area (TPSA) is 87.2 Å². The molecule has 7 nitrogen and oxygen atoms in total. The summed E-state index contributed by atoms with van der Waals surface area (Å²) in [7, 11) is 0. The van der Waals surface area contributed by atoms with Crippen LogP contribution in [0.15, 0.2) is 59.0 Å². The van der Waals surface area contributed by atoms with Gasteiger partial charge in [-0.3, -0.25) is 19.6 Å². The van der Waals surface area contributed by atoms with E-state index in [1.807, 2.05) is 38.1 Å². The number of carbonyl (C=O) groups is 2. The van der Waals surface area contributed by atoms with Crippen molar-refractivity contribution in [1.29, 1.82) is 0 Å². The number of nitrogens with zero attached hydrogens (tertiary/aromatic N) is 2. The van der Waals surface area contributed by atoms with Crippen molar-refractivity contribution in [2.24, 2.45) is 0 Å². The third-order valence-corrected chi connectivity index (χ3v) is 5.52. The molecule has 0 atom stereocenters. The molecule has 2 N–H and O–H groups in total. The van der Waals surface area contributed by atoms with Gasteiger partial charge in [-0.1, -0.05) is 60.8 Å². The molecule has 1 aliphatic heterocycles. The summed E-state index contributed by atoms with van der Waals surface area (Å²) in [5.74, 6) is -0.465. The highest BCUT2D eigenvalue weighted by Gasteiger charge is 2.34. The molecule has 0 aliphatic carbocycles. The molecule has 0 unspecified atom stereocenters. The van der Waals surface area contributed by atoms with Gasteiger partial charge in [-0.05, 0) is 43.2 Å². The normalized spacial score (nSPS) is 15.0. The van der Waals surface area contributed by atoms with Crippen molar-refractivity contribution in [3.63, 3.8) is 0 Å². The minimum atomic E-state index is -0.510. The zero-order chi connectivity index (χ0) is 22.8. The van der Waals surface area contributed by atoms with Crippen molar-refractivity contribution < 1.29 is 9.59 Å². The van der Waals surface area contributed by atoms with E-state index in [4.69, 9.17) is 11.6 Å². The van der Waals surface area contributed by atoms with Crippen LogP contribution in [0, 0.1) is 6.92 Å². The second-order valence-electron chi connectivity index (χ2n) is 7.74. The van der Waals surface area contributed by atoms with Crippen LogP contribution in [0.2, 0.25) is 5.02 Å². The lowest BCUT2D eigenvalue weighted by molar-refractivity contribution is -0.123. The third-order valence-electron chi connectivity index (χ3n) is 5.28. The second kappa shape index (κ2) is 8.88. The Balaban J connectivity index is 1.68. The smallest absolute Gasteiger partial charge is 0.303 e. The zero-order valence-corrected chi connectivity index (χ0v) is 18.6. The first-order valence-electron chi connectivity index (χ1n) is 10.4. The summed E-state index contributed by atoms with van der Waals surface area (Å²) in [4.78, 5) is 39.7. The summed E-state index contributed by atoms with van der Waals surface area (Å²) in [6.07, 6.45) is 2.86. The minimum absolute atomic E-state index is 0.0776. The van der Waals surface area contributed by atoms with E-state index in [2.05, 4.69) is 10.4 Å². The Morgan fingerprint density at radius 2 is 1.81 bits per heavy atom. The van der Waals surface area contributed by atoms with Crippen molar-refractivity contribution >= 4 is 29.6 Å². The van der Waals surface area contributed by atoms with Crippen LogP contribution in [0.3, 0.4) is 0 Å². The van der Waals surface area contributed by atoms with Gasteiger partial charge in [0.05, 0.1) is 17.8 Å². The van der Waals surface area contributed by atoms with Crippen molar-refractivity contribution in [1.82, 2.24) is 20.0 Å². The first kappa shape index (κ1) is 21.6. The number of carbonyl (C=O) groups excluding carboxylic acids is 2. The number of hydrogen-bond donors (Lipinski definition) is 2. The molecule has 0 spiro atoms. The molecule has 164 valence electrons. The standard InChI is InChI=1S/C24H23ClN4O3/c1-3-5-20-19(22(30)29(27-20)18-7-4-6-17(25)12-18)13-21-23(31)28(24(32)26-21)14-16-10-8-15(2)9-11-16/h4,6-13,27H,3,5,14H2,1-2H3,(H,26,32). The Labute approximate surface area is 190 Å². The van der Waals surface area contributed by atoms with E-state index in [1.165, 1.54) is 10.8 Å². The van der Waals surface area contributed by atoms with Crippen LogP contribution < -0.4 is 10.9 Å². The Morgan fingerprint density at radius 1 is 1.06 bits per heavy atom. The van der Waals surface area contributed by atoms with Gasteiger partial charge in [-0.2, -0.15) is 0 Å². The number of halogens is 1. The van der Waals surface area contributed by atoms with E-state index in [9.17, 15) is 14.4 Å². The minimum Gasteiger partial charge on any atom is -0.303 e. The molecule has 32 heavy (non-hydrogen) atoms. The molecule has 0 saturated carbocycles. The summed E-state index contributed by atoms with van der Waals surface area (Å²) in [5, 5.41) is 6.22. The van der Waals surface area contributed by atoms with Gasteiger partial charge in [-0.25, -0.2) is 9.48 Å². The van der Waals surface area contributed by atoms with Gasteiger partial charge < -0.3 is 5.32 Å². The number of rotatable bonds is 6. The van der Waals surface area contributed by atoms with E-state index < -0.39 is 11.9 Å². The van der Waals surface area contributed by atoms with E-state index in [0.717, 1.165) is 22.4 Å². The maximum absolute atomic E-state index is 13.2. The molecule has 3 aromatic rings. The average Bonchev–Trinajstić information content (AvgIpc) is 3.21. The molecule has 4 rings (SSSR count). The molecule has 0 bridgehead atoms.